The first-order valence-corrected chi connectivity index (χ1v) is 12.5. The van der Waals surface area contributed by atoms with Crippen LogP contribution in [0.4, 0.5) is 11.4 Å². The Hall–Kier alpha value is -4.08. The first kappa shape index (κ1) is 22.7. The Labute approximate surface area is 211 Å². The zero-order chi connectivity index (χ0) is 24.0. The van der Waals surface area contributed by atoms with E-state index in [4.69, 9.17) is 9.98 Å². The molecule has 170 valence electrons. The summed E-state index contributed by atoms with van der Waals surface area (Å²) in [7, 11) is 0. The zero-order valence-electron chi connectivity index (χ0n) is 19.8. The first-order valence-electron chi connectivity index (χ1n) is 11.7. The van der Waals surface area contributed by atoms with E-state index >= 15 is 0 Å². The van der Waals surface area contributed by atoms with Gasteiger partial charge in [0.2, 0.25) is 0 Å². The van der Waals surface area contributed by atoms with E-state index in [9.17, 15) is 0 Å². The Balaban J connectivity index is 1.36. The second-order valence-corrected chi connectivity index (χ2v) is 9.47. The molecule has 0 aliphatic heterocycles. The predicted molar refractivity (Wildman–Crippen MR) is 152 cm³/mol. The van der Waals surface area contributed by atoms with Crippen molar-refractivity contribution in [2.24, 2.45) is 9.98 Å². The number of nitrogens with zero attached hydrogens (tertiary/aromatic N) is 2. The summed E-state index contributed by atoms with van der Waals surface area (Å²) in [5.74, 6) is 0. The monoisotopic (exact) mass is 470 g/mol. The van der Waals surface area contributed by atoms with Crippen molar-refractivity contribution < 1.29 is 0 Å². The lowest BCUT2D eigenvalue weighted by molar-refractivity contribution is 1.49. The highest BCUT2D eigenvalue weighted by Crippen LogP contribution is 2.28. The average Bonchev–Trinajstić information content (AvgIpc) is 3.41. The number of hydrogen-bond acceptors (Lipinski definition) is 3. The third-order valence-corrected chi connectivity index (χ3v) is 7.12. The van der Waals surface area contributed by atoms with E-state index in [1.165, 1.54) is 22.3 Å². The molecular formula is C32H26N2S. The fourth-order valence-electron chi connectivity index (χ4n) is 4.00. The molecule has 5 rings (SSSR count). The fourth-order valence-corrected chi connectivity index (χ4v) is 4.89. The van der Waals surface area contributed by atoms with Gasteiger partial charge in [-0.1, -0.05) is 84.9 Å². The molecule has 0 aliphatic carbocycles. The number of aliphatic imine (C=N–C) groups is 2. The lowest BCUT2D eigenvalue weighted by Gasteiger charge is -2.04. The fraction of sp³-hybridized carbons (Fsp3) is 0.0625. The van der Waals surface area contributed by atoms with Crippen LogP contribution in [0.1, 0.15) is 23.6 Å². The van der Waals surface area contributed by atoms with Crippen LogP contribution >= 0.6 is 11.3 Å². The summed E-state index contributed by atoms with van der Waals surface area (Å²) in [6.45, 7) is 4.14. The van der Waals surface area contributed by atoms with Gasteiger partial charge in [0.05, 0.1) is 22.8 Å². The van der Waals surface area contributed by atoms with Crippen molar-refractivity contribution in [3.8, 4) is 22.3 Å². The van der Waals surface area contributed by atoms with Crippen molar-refractivity contribution in [3.05, 3.63) is 131 Å². The summed E-state index contributed by atoms with van der Waals surface area (Å²) in [6, 6.07) is 41.8. The van der Waals surface area contributed by atoms with Crippen molar-refractivity contribution in [1.82, 2.24) is 0 Å². The van der Waals surface area contributed by atoms with Crippen LogP contribution in [0.2, 0.25) is 0 Å². The topological polar surface area (TPSA) is 24.7 Å². The minimum Gasteiger partial charge on any atom is -0.252 e. The lowest BCUT2D eigenvalue weighted by Crippen LogP contribution is -1.90. The second-order valence-electron chi connectivity index (χ2n) is 8.39. The maximum absolute atomic E-state index is 4.90. The molecule has 0 radical (unpaired) electrons. The van der Waals surface area contributed by atoms with Gasteiger partial charge in [-0.2, -0.15) is 0 Å². The molecule has 35 heavy (non-hydrogen) atoms. The van der Waals surface area contributed by atoms with Crippen molar-refractivity contribution >= 4 is 34.1 Å². The van der Waals surface area contributed by atoms with Crippen LogP contribution in [0.3, 0.4) is 0 Å². The quantitative estimate of drug-likeness (QED) is 0.221. The molecule has 4 aromatic carbocycles. The van der Waals surface area contributed by atoms with E-state index in [-0.39, 0.29) is 0 Å². The van der Waals surface area contributed by atoms with Gasteiger partial charge in [-0.3, -0.25) is 9.98 Å². The Bertz CT molecular complexity index is 1380. The highest BCUT2D eigenvalue weighted by molar-refractivity contribution is 7.16. The minimum absolute atomic E-state index is 0.960. The number of benzene rings is 4. The zero-order valence-corrected chi connectivity index (χ0v) is 20.7. The molecule has 0 spiro atoms. The summed E-state index contributed by atoms with van der Waals surface area (Å²) < 4.78 is 0. The highest BCUT2D eigenvalue weighted by atomic mass is 32.1. The Morgan fingerprint density at radius 3 is 1.29 bits per heavy atom. The SMILES string of the molecule is CC(=Nc1cccc(-c2ccccc2)c1)c1ccc(C(C)=Nc2cccc(-c3ccccc3)c2)s1. The van der Waals surface area contributed by atoms with Crippen molar-refractivity contribution in [1.29, 1.82) is 0 Å². The van der Waals surface area contributed by atoms with Crippen molar-refractivity contribution in [2.45, 2.75) is 13.8 Å². The van der Waals surface area contributed by atoms with Gasteiger partial charge in [-0.15, -0.1) is 11.3 Å². The molecule has 0 saturated carbocycles. The Morgan fingerprint density at radius 2 is 0.857 bits per heavy atom. The van der Waals surface area contributed by atoms with Crippen LogP contribution in [-0.2, 0) is 0 Å². The largest absolute Gasteiger partial charge is 0.252 e. The van der Waals surface area contributed by atoms with Crippen LogP contribution in [0.5, 0.6) is 0 Å². The van der Waals surface area contributed by atoms with Gasteiger partial charge in [0.15, 0.2) is 0 Å². The van der Waals surface area contributed by atoms with Crippen molar-refractivity contribution in [2.75, 3.05) is 0 Å². The Morgan fingerprint density at radius 1 is 0.457 bits per heavy atom. The molecule has 0 fully saturated rings. The molecule has 0 saturated heterocycles. The number of hydrogen-bond donors (Lipinski definition) is 0. The van der Waals surface area contributed by atoms with Crippen molar-refractivity contribution in [3.63, 3.8) is 0 Å². The van der Waals surface area contributed by atoms with Crippen LogP contribution in [0.25, 0.3) is 22.3 Å². The summed E-state index contributed by atoms with van der Waals surface area (Å²) in [4.78, 5) is 12.1. The van der Waals surface area contributed by atoms with Crippen LogP contribution < -0.4 is 0 Å². The average molecular weight is 471 g/mol. The maximum Gasteiger partial charge on any atom is 0.0639 e. The van der Waals surface area contributed by atoms with E-state index in [0.717, 1.165) is 32.6 Å². The molecule has 1 heterocycles. The molecule has 0 amide bonds. The first-order chi connectivity index (χ1) is 17.2. The van der Waals surface area contributed by atoms with Gasteiger partial charge in [0, 0.05) is 9.75 Å². The Kier molecular flexibility index (Phi) is 6.78. The third-order valence-electron chi connectivity index (χ3n) is 5.82. The van der Waals surface area contributed by atoms with E-state index in [1.807, 2.05) is 12.1 Å². The van der Waals surface area contributed by atoms with Gasteiger partial charge in [-0.25, -0.2) is 0 Å². The van der Waals surface area contributed by atoms with E-state index in [0.29, 0.717) is 0 Å². The van der Waals surface area contributed by atoms with E-state index in [2.05, 4.69) is 123 Å². The minimum atomic E-state index is 0.960. The summed E-state index contributed by atoms with van der Waals surface area (Å²) in [6.07, 6.45) is 0. The molecule has 0 aliphatic rings. The van der Waals surface area contributed by atoms with Gasteiger partial charge in [0.1, 0.15) is 0 Å². The highest BCUT2D eigenvalue weighted by Gasteiger charge is 2.07. The smallest absolute Gasteiger partial charge is 0.0639 e. The molecule has 0 bridgehead atoms. The number of thiophene rings is 1. The second kappa shape index (κ2) is 10.5. The van der Waals surface area contributed by atoms with Gasteiger partial charge < -0.3 is 0 Å². The summed E-state index contributed by atoms with van der Waals surface area (Å²) in [5, 5.41) is 0. The van der Waals surface area contributed by atoms with E-state index < -0.39 is 0 Å². The standard InChI is InChI=1S/C32H26N2S/c1-23(33-29-17-9-15-27(21-29)25-11-5-3-6-12-25)31-19-20-32(35-31)24(2)34-30-18-10-16-28(22-30)26-13-7-4-8-14-26/h3-22H,1-2H3. The maximum atomic E-state index is 4.90. The molecule has 3 heteroatoms. The summed E-state index contributed by atoms with van der Waals surface area (Å²) >= 11 is 1.73. The number of rotatable bonds is 6. The molecular weight excluding hydrogens is 444 g/mol. The van der Waals surface area contributed by atoms with Gasteiger partial charge in [-0.05, 0) is 72.5 Å². The van der Waals surface area contributed by atoms with Crippen LogP contribution in [-0.4, -0.2) is 11.4 Å². The molecule has 2 nitrogen and oxygen atoms in total. The molecule has 0 N–H and O–H groups in total. The van der Waals surface area contributed by atoms with Gasteiger partial charge >= 0.3 is 0 Å². The molecule has 1 aromatic heterocycles. The van der Waals surface area contributed by atoms with Gasteiger partial charge in [0.25, 0.3) is 0 Å². The molecule has 0 atom stereocenters. The molecule has 5 aromatic rings. The normalized spacial score (nSPS) is 12.1. The van der Waals surface area contributed by atoms with E-state index in [1.54, 1.807) is 11.3 Å². The van der Waals surface area contributed by atoms with Crippen LogP contribution in [0, 0.1) is 0 Å². The third kappa shape index (κ3) is 5.53. The summed E-state index contributed by atoms with van der Waals surface area (Å²) in [5.41, 5.74) is 8.67. The predicted octanol–water partition coefficient (Wildman–Crippen LogP) is 9.36. The van der Waals surface area contributed by atoms with Crippen LogP contribution in [0.15, 0.2) is 131 Å². The molecule has 0 unspecified atom stereocenters. The lowest BCUT2D eigenvalue weighted by atomic mass is 10.1.